The number of carboxylic acid groups (broad SMARTS) is 1. The van der Waals surface area contributed by atoms with Crippen molar-refractivity contribution in [2.75, 3.05) is 13.2 Å². The molecule has 3 aromatic rings. The lowest BCUT2D eigenvalue weighted by atomic mass is 9.97. The molecule has 7 nitrogen and oxygen atoms in total. The van der Waals surface area contributed by atoms with Gasteiger partial charge in [-0.15, -0.1) is 0 Å². The molecule has 0 bridgehead atoms. The van der Waals surface area contributed by atoms with Crippen LogP contribution < -0.4 is 4.74 Å². The Kier molecular flexibility index (Phi) is 4.39. The Morgan fingerprint density at radius 2 is 1.85 bits per heavy atom. The van der Waals surface area contributed by atoms with E-state index in [4.69, 9.17) is 18.6 Å². The molecule has 1 aliphatic heterocycles. The van der Waals surface area contributed by atoms with Crippen molar-refractivity contribution in [3.8, 4) is 22.8 Å². The van der Waals surface area contributed by atoms with Crippen LogP contribution in [0.1, 0.15) is 23.0 Å². The van der Waals surface area contributed by atoms with Crippen molar-refractivity contribution in [2.45, 2.75) is 12.7 Å². The van der Waals surface area contributed by atoms with Crippen molar-refractivity contribution in [2.24, 2.45) is 0 Å². The molecule has 0 radical (unpaired) electrons. The first-order valence-corrected chi connectivity index (χ1v) is 8.39. The third kappa shape index (κ3) is 3.30. The van der Waals surface area contributed by atoms with Crippen LogP contribution in [0.15, 0.2) is 59.3 Å². The van der Waals surface area contributed by atoms with E-state index in [1.165, 1.54) is 0 Å². The summed E-state index contributed by atoms with van der Waals surface area (Å²) in [6.45, 7) is 2.64. The van der Waals surface area contributed by atoms with Crippen LogP contribution in [0.25, 0.3) is 11.3 Å². The highest BCUT2D eigenvalue weighted by Gasteiger charge is 2.37. The third-order valence-corrected chi connectivity index (χ3v) is 4.31. The number of nitrogens with zero attached hydrogens (tertiary/aromatic N) is 1. The van der Waals surface area contributed by atoms with Gasteiger partial charge in [0.1, 0.15) is 11.5 Å². The quantitative estimate of drug-likeness (QED) is 0.727. The number of rotatable bonds is 5. The molecule has 0 unspecified atom stereocenters. The summed E-state index contributed by atoms with van der Waals surface area (Å²) in [5, 5.41) is 9.38. The number of benzene rings is 2. The summed E-state index contributed by atoms with van der Waals surface area (Å²) in [6.07, 6.45) is 1.11. The largest absolute Gasteiger partial charge is 0.476 e. The minimum atomic E-state index is -1.17. The van der Waals surface area contributed by atoms with Gasteiger partial charge in [-0.3, -0.25) is 0 Å². The first kappa shape index (κ1) is 17.3. The predicted octanol–water partition coefficient (Wildman–Crippen LogP) is 4.05. The molecule has 0 atom stereocenters. The SMILES string of the molecule is CC1(c2cc(Oc3ccccc3)ccc2-c2ocnc2C(=O)O)OCCO1. The summed E-state index contributed by atoms with van der Waals surface area (Å²) < 4.78 is 22.8. The number of aromatic nitrogens is 1. The van der Waals surface area contributed by atoms with Gasteiger partial charge in [0.15, 0.2) is 23.6 Å². The molecule has 1 saturated heterocycles. The summed E-state index contributed by atoms with van der Waals surface area (Å²) in [5.74, 6) is -0.831. The molecule has 0 amide bonds. The van der Waals surface area contributed by atoms with E-state index in [1.54, 1.807) is 25.1 Å². The van der Waals surface area contributed by atoms with Crippen LogP contribution >= 0.6 is 0 Å². The van der Waals surface area contributed by atoms with Crippen LogP contribution in [0.4, 0.5) is 0 Å². The van der Waals surface area contributed by atoms with Crippen LogP contribution in [0.2, 0.25) is 0 Å². The molecule has 27 heavy (non-hydrogen) atoms. The Hall–Kier alpha value is -3.16. The molecular formula is C20H17NO6. The van der Waals surface area contributed by atoms with Gasteiger partial charge >= 0.3 is 5.97 Å². The molecule has 2 heterocycles. The number of hydrogen-bond acceptors (Lipinski definition) is 6. The minimum Gasteiger partial charge on any atom is -0.476 e. The van der Waals surface area contributed by atoms with Crippen molar-refractivity contribution >= 4 is 5.97 Å². The van der Waals surface area contributed by atoms with Crippen molar-refractivity contribution in [1.29, 1.82) is 0 Å². The van der Waals surface area contributed by atoms with Gasteiger partial charge in [0, 0.05) is 11.1 Å². The van der Waals surface area contributed by atoms with E-state index in [-0.39, 0.29) is 11.5 Å². The molecule has 138 valence electrons. The average molecular weight is 367 g/mol. The van der Waals surface area contributed by atoms with E-state index in [1.807, 2.05) is 30.3 Å². The number of carboxylic acids is 1. The van der Waals surface area contributed by atoms with Crippen LogP contribution in [0.5, 0.6) is 11.5 Å². The van der Waals surface area contributed by atoms with Crippen molar-refractivity contribution in [3.05, 3.63) is 66.2 Å². The lowest BCUT2D eigenvalue weighted by Crippen LogP contribution is -2.23. The fourth-order valence-corrected chi connectivity index (χ4v) is 3.04. The highest BCUT2D eigenvalue weighted by Crippen LogP contribution is 2.41. The van der Waals surface area contributed by atoms with Crippen molar-refractivity contribution < 1.29 is 28.5 Å². The van der Waals surface area contributed by atoms with Gasteiger partial charge in [-0.1, -0.05) is 18.2 Å². The van der Waals surface area contributed by atoms with Crippen molar-refractivity contribution in [1.82, 2.24) is 4.98 Å². The first-order chi connectivity index (χ1) is 13.1. The number of hydrogen-bond donors (Lipinski definition) is 1. The summed E-state index contributed by atoms with van der Waals surface area (Å²) in [6, 6.07) is 14.6. The molecule has 0 aliphatic carbocycles. The van der Waals surface area contributed by atoms with E-state index in [0.717, 1.165) is 6.39 Å². The number of para-hydroxylation sites is 1. The van der Waals surface area contributed by atoms with Gasteiger partial charge in [-0.2, -0.15) is 0 Å². The van der Waals surface area contributed by atoms with Gasteiger partial charge in [0.25, 0.3) is 0 Å². The Labute approximate surface area is 155 Å². The maximum Gasteiger partial charge on any atom is 0.358 e. The molecule has 1 fully saturated rings. The molecule has 1 aliphatic rings. The molecule has 0 saturated carbocycles. The lowest BCUT2D eigenvalue weighted by molar-refractivity contribution is -0.149. The monoisotopic (exact) mass is 367 g/mol. The molecular weight excluding hydrogens is 350 g/mol. The van der Waals surface area contributed by atoms with E-state index >= 15 is 0 Å². The maximum absolute atomic E-state index is 11.5. The number of ether oxygens (including phenoxy) is 3. The molecule has 1 N–H and O–H groups in total. The van der Waals surface area contributed by atoms with Crippen LogP contribution in [0, 0.1) is 0 Å². The highest BCUT2D eigenvalue weighted by atomic mass is 16.7. The Bertz CT molecular complexity index is 960. The van der Waals surface area contributed by atoms with Crippen molar-refractivity contribution in [3.63, 3.8) is 0 Å². The number of oxazole rings is 1. The van der Waals surface area contributed by atoms with Gasteiger partial charge in [-0.05, 0) is 37.3 Å². The fraction of sp³-hybridized carbons (Fsp3) is 0.200. The molecule has 1 aromatic heterocycles. The first-order valence-electron chi connectivity index (χ1n) is 8.39. The van der Waals surface area contributed by atoms with Gasteiger partial charge < -0.3 is 23.7 Å². The van der Waals surface area contributed by atoms with E-state index < -0.39 is 11.8 Å². The van der Waals surface area contributed by atoms with Gasteiger partial charge in [-0.25, -0.2) is 9.78 Å². The standard InChI is InChI=1S/C20H17NO6/c1-20(25-9-10-26-20)16-11-14(27-13-5-3-2-4-6-13)7-8-15(16)18-17(19(22)23)21-12-24-18/h2-8,11-12H,9-10H2,1H3,(H,22,23). The smallest absolute Gasteiger partial charge is 0.358 e. The summed E-state index contributed by atoms with van der Waals surface area (Å²) in [5.41, 5.74) is 0.956. The zero-order chi connectivity index (χ0) is 18.9. The van der Waals surface area contributed by atoms with E-state index in [0.29, 0.717) is 35.8 Å². The summed E-state index contributed by atoms with van der Waals surface area (Å²) >= 11 is 0. The van der Waals surface area contributed by atoms with E-state index in [2.05, 4.69) is 4.98 Å². The topological polar surface area (TPSA) is 91.0 Å². The number of aromatic carboxylic acids is 1. The average Bonchev–Trinajstić information content (AvgIpc) is 3.32. The lowest BCUT2D eigenvalue weighted by Gasteiger charge is -2.25. The summed E-state index contributed by atoms with van der Waals surface area (Å²) in [4.78, 5) is 15.3. The maximum atomic E-state index is 11.5. The van der Waals surface area contributed by atoms with E-state index in [9.17, 15) is 9.90 Å². The third-order valence-electron chi connectivity index (χ3n) is 4.31. The van der Waals surface area contributed by atoms with Gasteiger partial charge in [0.2, 0.25) is 0 Å². The Morgan fingerprint density at radius 3 is 2.56 bits per heavy atom. The van der Waals surface area contributed by atoms with Crippen LogP contribution in [-0.4, -0.2) is 29.3 Å². The predicted molar refractivity (Wildman–Crippen MR) is 94.7 cm³/mol. The van der Waals surface area contributed by atoms with Gasteiger partial charge in [0.05, 0.1) is 13.2 Å². The highest BCUT2D eigenvalue weighted by molar-refractivity contribution is 5.92. The normalized spacial score (nSPS) is 15.6. The molecule has 7 heteroatoms. The van der Waals surface area contributed by atoms with Crippen LogP contribution in [-0.2, 0) is 15.3 Å². The minimum absolute atomic E-state index is 0.143. The zero-order valence-corrected chi connectivity index (χ0v) is 14.5. The Morgan fingerprint density at radius 1 is 1.11 bits per heavy atom. The molecule has 4 rings (SSSR count). The zero-order valence-electron chi connectivity index (χ0n) is 14.5. The second-order valence-corrected chi connectivity index (χ2v) is 6.10. The summed E-state index contributed by atoms with van der Waals surface area (Å²) in [7, 11) is 0. The molecule has 0 spiro atoms. The second-order valence-electron chi connectivity index (χ2n) is 6.10. The van der Waals surface area contributed by atoms with Crippen LogP contribution in [0.3, 0.4) is 0 Å². The Balaban J connectivity index is 1.81. The second kappa shape index (κ2) is 6.86. The fourth-order valence-electron chi connectivity index (χ4n) is 3.04. The number of carbonyl (C=O) groups is 1. The molecule has 2 aromatic carbocycles.